The summed E-state index contributed by atoms with van der Waals surface area (Å²) in [5.74, 6) is -0.886. The van der Waals surface area contributed by atoms with Crippen LogP contribution in [0.4, 0.5) is 10.1 Å². The van der Waals surface area contributed by atoms with Crippen LogP contribution in [0.1, 0.15) is 42.5 Å². The Hall–Kier alpha value is -2.41. The Morgan fingerprint density at radius 2 is 1.75 bits per heavy atom. The van der Waals surface area contributed by atoms with Gasteiger partial charge in [0, 0.05) is 0 Å². The molecule has 3 rings (SSSR count). The van der Waals surface area contributed by atoms with Crippen molar-refractivity contribution in [2.24, 2.45) is 0 Å². The van der Waals surface area contributed by atoms with Gasteiger partial charge < -0.3 is 5.32 Å². The fraction of sp³-hybridized carbons (Fsp3) is 0.381. The Bertz CT molecular complexity index is 958. The van der Waals surface area contributed by atoms with Gasteiger partial charge in [0.25, 0.3) is 0 Å². The Morgan fingerprint density at radius 1 is 1.11 bits per heavy atom. The van der Waals surface area contributed by atoms with Gasteiger partial charge in [-0.2, -0.15) is 0 Å². The second-order valence-electron chi connectivity index (χ2n) is 7.27. The van der Waals surface area contributed by atoms with E-state index in [1.54, 1.807) is 0 Å². The normalized spacial score (nSPS) is 14.8. The molecule has 7 heteroatoms. The van der Waals surface area contributed by atoms with Gasteiger partial charge in [0.15, 0.2) is 0 Å². The van der Waals surface area contributed by atoms with Gasteiger partial charge in [0.2, 0.25) is 15.9 Å². The highest BCUT2D eigenvalue weighted by Gasteiger charge is 2.22. The minimum absolute atomic E-state index is 0.241. The number of hydrogen-bond donors (Lipinski definition) is 1. The minimum atomic E-state index is -3.69. The number of sulfonamides is 1. The number of benzene rings is 2. The SMILES string of the molecule is C[C@H](NC(=O)CN(c1ccc(F)cc1)S(C)(=O)=O)c1ccc2c(c1)CCCC2. The molecule has 0 aromatic heterocycles. The van der Waals surface area contributed by atoms with Crippen LogP contribution < -0.4 is 9.62 Å². The van der Waals surface area contributed by atoms with E-state index in [2.05, 4.69) is 17.4 Å². The Balaban J connectivity index is 1.71. The molecule has 1 amide bonds. The van der Waals surface area contributed by atoms with Crippen LogP contribution in [0.25, 0.3) is 0 Å². The van der Waals surface area contributed by atoms with Gasteiger partial charge in [-0.05, 0) is 73.6 Å². The summed E-state index contributed by atoms with van der Waals surface area (Å²) in [6.07, 6.45) is 5.56. The number of anilines is 1. The number of halogens is 1. The van der Waals surface area contributed by atoms with E-state index in [0.717, 1.165) is 29.0 Å². The van der Waals surface area contributed by atoms with E-state index in [0.29, 0.717) is 0 Å². The van der Waals surface area contributed by atoms with Gasteiger partial charge in [-0.15, -0.1) is 0 Å². The predicted octanol–water partition coefficient (Wildman–Crippen LogP) is 3.35. The number of aryl methyl sites for hydroxylation is 2. The summed E-state index contributed by atoms with van der Waals surface area (Å²) in [6, 6.07) is 11.1. The molecule has 0 bridgehead atoms. The lowest BCUT2D eigenvalue weighted by Crippen LogP contribution is -2.41. The number of carbonyl (C=O) groups excluding carboxylic acids is 1. The first kappa shape index (κ1) is 20.3. The van der Waals surface area contributed by atoms with Gasteiger partial charge in [0.05, 0.1) is 18.0 Å². The molecule has 0 fully saturated rings. The molecule has 150 valence electrons. The summed E-state index contributed by atoms with van der Waals surface area (Å²) in [5, 5.41) is 2.87. The number of amides is 1. The second-order valence-corrected chi connectivity index (χ2v) is 9.18. The fourth-order valence-corrected chi connectivity index (χ4v) is 4.39. The van der Waals surface area contributed by atoms with Gasteiger partial charge in [-0.25, -0.2) is 12.8 Å². The molecule has 1 aliphatic rings. The summed E-state index contributed by atoms with van der Waals surface area (Å²) < 4.78 is 38.4. The molecular weight excluding hydrogens is 379 g/mol. The lowest BCUT2D eigenvalue weighted by atomic mass is 9.89. The lowest BCUT2D eigenvalue weighted by molar-refractivity contribution is -0.120. The van der Waals surface area contributed by atoms with E-state index in [9.17, 15) is 17.6 Å². The maximum Gasteiger partial charge on any atom is 0.241 e. The zero-order valence-corrected chi connectivity index (χ0v) is 16.9. The topological polar surface area (TPSA) is 66.5 Å². The van der Waals surface area contributed by atoms with Crippen LogP contribution in [0.15, 0.2) is 42.5 Å². The lowest BCUT2D eigenvalue weighted by Gasteiger charge is -2.24. The van der Waals surface area contributed by atoms with Crippen molar-refractivity contribution in [2.45, 2.75) is 38.6 Å². The van der Waals surface area contributed by atoms with E-state index in [1.165, 1.54) is 48.2 Å². The van der Waals surface area contributed by atoms with E-state index in [1.807, 2.05) is 13.0 Å². The Kier molecular flexibility index (Phi) is 6.03. The van der Waals surface area contributed by atoms with E-state index >= 15 is 0 Å². The number of hydrogen-bond acceptors (Lipinski definition) is 3. The van der Waals surface area contributed by atoms with Crippen LogP contribution in [0, 0.1) is 5.82 Å². The summed E-state index contributed by atoms with van der Waals surface area (Å²) in [4.78, 5) is 12.5. The smallest absolute Gasteiger partial charge is 0.241 e. The standard InChI is InChI=1S/C21H25FN2O3S/c1-15(17-8-7-16-5-3-4-6-18(16)13-17)23-21(25)14-24(28(2,26)27)20-11-9-19(22)10-12-20/h7-13,15H,3-6,14H2,1-2H3,(H,23,25)/t15-/m0/s1. The molecule has 28 heavy (non-hydrogen) atoms. The van der Waals surface area contributed by atoms with Crippen molar-refractivity contribution < 1.29 is 17.6 Å². The molecule has 0 heterocycles. The van der Waals surface area contributed by atoms with Gasteiger partial charge >= 0.3 is 0 Å². The summed E-state index contributed by atoms with van der Waals surface area (Å²) >= 11 is 0. The van der Waals surface area contributed by atoms with Gasteiger partial charge in [0.1, 0.15) is 12.4 Å². The number of fused-ring (bicyclic) bond motifs is 1. The molecule has 0 radical (unpaired) electrons. The zero-order chi connectivity index (χ0) is 20.3. The number of carbonyl (C=O) groups is 1. The highest BCUT2D eigenvalue weighted by Crippen LogP contribution is 2.25. The van der Waals surface area contributed by atoms with Crippen molar-refractivity contribution in [1.29, 1.82) is 0 Å². The number of rotatable bonds is 6. The van der Waals surface area contributed by atoms with Crippen molar-refractivity contribution >= 4 is 21.6 Å². The Morgan fingerprint density at radius 3 is 2.39 bits per heavy atom. The first-order valence-corrected chi connectivity index (χ1v) is 11.2. The van der Waals surface area contributed by atoms with Crippen molar-refractivity contribution in [3.05, 3.63) is 65.0 Å². The van der Waals surface area contributed by atoms with Gasteiger partial charge in [-0.1, -0.05) is 18.2 Å². The molecule has 1 atom stereocenters. The average molecular weight is 405 g/mol. The third kappa shape index (κ3) is 4.90. The number of nitrogens with zero attached hydrogens (tertiary/aromatic N) is 1. The first-order chi connectivity index (χ1) is 13.2. The van der Waals surface area contributed by atoms with Crippen molar-refractivity contribution in [1.82, 2.24) is 5.32 Å². The predicted molar refractivity (Wildman–Crippen MR) is 108 cm³/mol. The van der Waals surface area contributed by atoms with Crippen LogP contribution in [0.2, 0.25) is 0 Å². The highest BCUT2D eigenvalue weighted by molar-refractivity contribution is 7.92. The van der Waals surface area contributed by atoms with E-state index in [4.69, 9.17) is 0 Å². The molecule has 0 aliphatic heterocycles. The van der Waals surface area contributed by atoms with Crippen LogP contribution in [0.5, 0.6) is 0 Å². The quantitative estimate of drug-likeness (QED) is 0.803. The zero-order valence-electron chi connectivity index (χ0n) is 16.1. The minimum Gasteiger partial charge on any atom is -0.348 e. The molecule has 1 aliphatic carbocycles. The third-order valence-electron chi connectivity index (χ3n) is 5.05. The van der Waals surface area contributed by atoms with Crippen LogP contribution in [-0.2, 0) is 27.7 Å². The molecule has 0 saturated carbocycles. The molecule has 5 nitrogen and oxygen atoms in total. The van der Waals surface area contributed by atoms with Crippen molar-refractivity contribution in [3.8, 4) is 0 Å². The van der Waals surface area contributed by atoms with E-state index < -0.39 is 21.7 Å². The molecule has 0 saturated heterocycles. The second kappa shape index (κ2) is 8.31. The average Bonchev–Trinajstić information content (AvgIpc) is 2.65. The summed E-state index contributed by atoms with van der Waals surface area (Å²) in [6.45, 7) is 1.52. The van der Waals surface area contributed by atoms with Crippen molar-refractivity contribution in [2.75, 3.05) is 17.1 Å². The molecule has 2 aromatic rings. The van der Waals surface area contributed by atoms with Crippen LogP contribution in [0.3, 0.4) is 0 Å². The van der Waals surface area contributed by atoms with E-state index in [-0.39, 0.29) is 18.3 Å². The maximum absolute atomic E-state index is 13.1. The molecule has 2 aromatic carbocycles. The molecule has 0 spiro atoms. The molecule has 1 N–H and O–H groups in total. The van der Waals surface area contributed by atoms with Crippen LogP contribution >= 0.6 is 0 Å². The fourth-order valence-electron chi connectivity index (χ4n) is 3.53. The maximum atomic E-state index is 13.1. The Labute approximate surface area is 165 Å². The monoisotopic (exact) mass is 404 g/mol. The van der Waals surface area contributed by atoms with Crippen molar-refractivity contribution in [3.63, 3.8) is 0 Å². The third-order valence-corrected chi connectivity index (χ3v) is 6.19. The first-order valence-electron chi connectivity index (χ1n) is 9.38. The molecule has 0 unspecified atom stereocenters. The summed E-state index contributed by atoms with van der Waals surface area (Å²) in [7, 11) is -3.69. The van der Waals surface area contributed by atoms with Crippen LogP contribution in [-0.4, -0.2) is 27.1 Å². The highest BCUT2D eigenvalue weighted by atomic mass is 32.2. The number of nitrogens with one attached hydrogen (secondary N) is 1. The summed E-state index contributed by atoms with van der Waals surface area (Å²) in [5.41, 5.74) is 3.95. The van der Waals surface area contributed by atoms with Gasteiger partial charge in [-0.3, -0.25) is 9.10 Å². The largest absolute Gasteiger partial charge is 0.348 e. The molecular formula is C21H25FN2O3S.